The van der Waals surface area contributed by atoms with Crippen LogP contribution in [-0.2, 0) is 20.2 Å². The van der Waals surface area contributed by atoms with Gasteiger partial charge in [-0.05, 0) is 31.0 Å². The van der Waals surface area contributed by atoms with E-state index in [1.807, 2.05) is 6.07 Å². The third-order valence-corrected chi connectivity index (χ3v) is 7.04. The summed E-state index contributed by atoms with van der Waals surface area (Å²) in [5, 5.41) is 0. The van der Waals surface area contributed by atoms with Crippen LogP contribution in [0.3, 0.4) is 0 Å². The van der Waals surface area contributed by atoms with E-state index >= 15 is 0 Å². The zero-order chi connectivity index (χ0) is 17.2. The third-order valence-electron chi connectivity index (χ3n) is 5.16. The molecule has 0 bridgehead atoms. The summed E-state index contributed by atoms with van der Waals surface area (Å²) in [6, 6.07) is 6.78. The van der Waals surface area contributed by atoms with Gasteiger partial charge in [-0.15, -0.1) is 0 Å². The fourth-order valence-corrected chi connectivity index (χ4v) is 4.73. The molecule has 1 aromatic rings. The van der Waals surface area contributed by atoms with E-state index in [-0.39, 0.29) is 17.0 Å². The van der Waals surface area contributed by atoms with Crippen LogP contribution in [0.5, 0.6) is 0 Å². The molecule has 2 heterocycles. The van der Waals surface area contributed by atoms with E-state index in [0.717, 1.165) is 18.5 Å². The van der Waals surface area contributed by atoms with E-state index in [1.165, 1.54) is 6.07 Å². The molecule has 0 saturated carbocycles. The van der Waals surface area contributed by atoms with Crippen LogP contribution in [0.1, 0.15) is 18.9 Å². The lowest BCUT2D eigenvalue weighted by atomic mass is 9.79. The summed E-state index contributed by atoms with van der Waals surface area (Å²) in [5.41, 5.74) is 0.775. The van der Waals surface area contributed by atoms with Gasteiger partial charge in [0.2, 0.25) is 10.0 Å². The van der Waals surface area contributed by atoms with Gasteiger partial charge in [0, 0.05) is 44.7 Å². The average Bonchev–Trinajstić information content (AvgIpc) is 3.05. The molecule has 0 amide bonds. The lowest BCUT2D eigenvalue weighted by Gasteiger charge is -2.39. The van der Waals surface area contributed by atoms with Gasteiger partial charge in [-0.1, -0.05) is 12.1 Å². The van der Waals surface area contributed by atoms with Crippen molar-refractivity contribution in [2.24, 2.45) is 0 Å². The molecule has 0 N–H and O–H groups in total. The van der Waals surface area contributed by atoms with Crippen LogP contribution in [0.25, 0.3) is 0 Å². The Hall–Kier alpha value is -1.02. The second-order valence-corrected chi connectivity index (χ2v) is 8.93. The highest BCUT2D eigenvalue weighted by Gasteiger charge is 2.39. The number of ether oxygens (including phenoxy) is 1. The minimum absolute atomic E-state index is 0.147. The molecule has 0 spiro atoms. The van der Waals surface area contributed by atoms with Crippen LogP contribution in [0.15, 0.2) is 24.3 Å². The van der Waals surface area contributed by atoms with Gasteiger partial charge in [0.05, 0.1) is 12.4 Å². The summed E-state index contributed by atoms with van der Waals surface area (Å²) >= 11 is 0. The topological polar surface area (TPSA) is 49.9 Å². The molecule has 134 valence electrons. The molecule has 1 unspecified atom stereocenters. The predicted molar refractivity (Wildman–Crippen MR) is 91.0 cm³/mol. The average molecular weight is 356 g/mol. The molecule has 24 heavy (non-hydrogen) atoms. The lowest BCUT2D eigenvalue weighted by molar-refractivity contribution is 0.127. The molecular weight excluding hydrogens is 331 g/mol. The normalized spacial score (nSPS) is 26.8. The highest BCUT2D eigenvalue weighted by atomic mass is 32.2. The zero-order valence-corrected chi connectivity index (χ0v) is 14.9. The van der Waals surface area contributed by atoms with Gasteiger partial charge in [-0.2, -0.15) is 4.31 Å². The molecule has 1 aromatic carbocycles. The first-order valence-electron chi connectivity index (χ1n) is 8.49. The van der Waals surface area contributed by atoms with E-state index in [1.54, 1.807) is 23.4 Å². The Kier molecular flexibility index (Phi) is 5.24. The monoisotopic (exact) mass is 356 g/mol. The molecule has 0 radical (unpaired) electrons. The number of benzene rings is 1. The van der Waals surface area contributed by atoms with Crippen molar-refractivity contribution in [3.05, 3.63) is 35.6 Å². The molecule has 1 atom stereocenters. The van der Waals surface area contributed by atoms with Gasteiger partial charge in [-0.3, -0.25) is 4.90 Å². The third kappa shape index (κ3) is 3.64. The molecule has 3 rings (SSSR count). The van der Waals surface area contributed by atoms with E-state index in [2.05, 4.69) is 4.90 Å². The molecule has 0 aliphatic carbocycles. The maximum absolute atomic E-state index is 13.7. The number of rotatable bonds is 5. The lowest BCUT2D eigenvalue weighted by Crippen LogP contribution is -2.52. The van der Waals surface area contributed by atoms with Crippen molar-refractivity contribution in [2.45, 2.75) is 18.8 Å². The maximum Gasteiger partial charge on any atom is 0.213 e. The van der Waals surface area contributed by atoms with Crippen LogP contribution in [-0.4, -0.2) is 69.3 Å². The smallest absolute Gasteiger partial charge is 0.213 e. The van der Waals surface area contributed by atoms with Crippen molar-refractivity contribution < 1.29 is 17.5 Å². The second-order valence-electron chi connectivity index (χ2n) is 6.67. The van der Waals surface area contributed by atoms with Crippen molar-refractivity contribution >= 4 is 10.0 Å². The highest BCUT2D eigenvalue weighted by molar-refractivity contribution is 7.89. The van der Waals surface area contributed by atoms with Crippen molar-refractivity contribution in [3.8, 4) is 0 Å². The minimum Gasteiger partial charge on any atom is -0.380 e. The molecule has 5 nitrogen and oxygen atoms in total. The van der Waals surface area contributed by atoms with Gasteiger partial charge in [0.25, 0.3) is 0 Å². The summed E-state index contributed by atoms with van der Waals surface area (Å²) in [6.07, 6.45) is 0.865. The van der Waals surface area contributed by atoms with E-state index in [4.69, 9.17) is 4.74 Å². The highest BCUT2D eigenvalue weighted by Crippen LogP contribution is 2.34. The molecular formula is C17H25FN2O3S. The maximum atomic E-state index is 13.7. The number of hydrogen-bond donors (Lipinski definition) is 0. The Balaban J connectivity index is 1.70. The van der Waals surface area contributed by atoms with Gasteiger partial charge < -0.3 is 4.74 Å². The molecule has 2 saturated heterocycles. The number of nitrogens with zero attached hydrogens (tertiary/aromatic N) is 2. The first kappa shape index (κ1) is 17.8. The van der Waals surface area contributed by atoms with E-state index in [9.17, 15) is 12.8 Å². The summed E-state index contributed by atoms with van der Waals surface area (Å²) in [6.45, 7) is 6.18. The SMILES string of the molecule is CCS(=O)(=O)N1CCN(CC2(c3cccc(F)c3)CCOC2)CC1. The predicted octanol–water partition coefficient (Wildman–Crippen LogP) is 1.45. The fraction of sp³-hybridized carbons (Fsp3) is 0.647. The summed E-state index contributed by atoms with van der Waals surface area (Å²) < 4.78 is 44.8. The molecule has 2 fully saturated rings. The minimum atomic E-state index is -3.11. The number of sulfonamides is 1. The number of piperazine rings is 1. The Morgan fingerprint density at radius 2 is 2.00 bits per heavy atom. The van der Waals surface area contributed by atoms with Crippen LogP contribution in [0.4, 0.5) is 4.39 Å². The van der Waals surface area contributed by atoms with Gasteiger partial charge in [-0.25, -0.2) is 12.8 Å². The summed E-state index contributed by atoms with van der Waals surface area (Å²) in [7, 11) is -3.11. The van der Waals surface area contributed by atoms with Crippen LogP contribution in [0, 0.1) is 5.82 Å². The Morgan fingerprint density at radius 3 is 2.58 bits per heavy atom. The molecule has 2 aliphatic rings. The first-order valence-corrected chi connectivity index (χ1v) is 10.1. The fourth-order valence-electron chi connectivity index (χ4n) is 3.65. The first-order chi connectivity index (χ1) is 11.5. The summed E-state index contributed by atoms with van der Waals surface area (Å²) in [4.78, 5) is 2.28. The van der Waals surface area contributed by atoms with Crippen LogP contribution >= 0.6 is 0 Å². The zero-order valence-electron chi connectivity index (χ0n) is 14.1. The number of hydrogen-bond acceptors (Lipinski definition) is 4. The van der Waals surface area contributed by atoms with Crippen LogP contribution < -0.4 is 0 Å². The summed E-state index contributed by atoms with van der Waals surface area (Å²) in [5.74, 6) is -0.0775. The van der Waals surface area contributed by atoms with Gasteiger partial charge in [0.1, 0.15) is 5.82 Å². The van der Waals surface area contributed by atoms with Gasteiger partial charge >= 0.3 is 0 Å². The molecule has 2 aliphatic heterocycles. The van der Waals surface area contributed by atoms with E-state index < -0.39 is 10.0 Å². The van der Waals surface area contributed by atoms with Crippen LogP contribution in [0.2, 0.25) is 0 Å². The Morgan fingerprint density at radius 1 is 1.25 bits per heavy atom. The number of halogens is 1. The Bertz CT molecular complexity index is 666. The molecule has 7 heteroatoms. The Labute approximate surface area is 143 Å². The van der Waals surface area contributed by atoms with Crippen molar-refractivity contribution in [3.63, 3.8) is 0 Å². The standard InChI is InChI=1S/C17H25FN2O3S/c1-2-24(21,22)20-9-7-19(8-10-20)13-17(6-11-23-14-17)15-4-3-5-16(18)12-15/h3-5,12H,2,6-11,13-14H2,1H3. The second kappa shape index (κ2) is 7.07. The van der Waals surface area contributed by atoms with Crippen molar-refractivity contribution in [1.29, 1.82) is 0 Å². The quantitative estimate of drug-likeness (QED) is 0.801. The molecule has 0 aromatic heterocycles. The van der Waals surface area contributed by atoms with E-state index in [0.29, 0.717) is 39.4 Å². The van der Waals surface area contributed by atoms with Crippen molar-refractivity contribution in [2.75, 3.05) is 51.7 Å². The largest absolute Gasteiger partial charge is 0.380 e. The van der Waals surface area contributed by atoms with Crippen molar-refractivity contribution in [1.82, 2.24) is 9.21 Å². The van der Waals surface area contributed by atoms with Gasteiger partial charge in [0.15, 0.2) is 0 Å².